The second-order valence-electron chi connectivity index (χ2n) is 4.73. The van der Waals surface area contributed by atoms with E-state index in [1.807, 2.05) is 34.6 Å². The van der Waals surface area contributed by atoms with Crippen LogP contribution in [-0.2, 0) is 4.74 Å². The maximum atomic E-state index is 11.5. The van der Waals surface area contributed by atoms with Crippen LogP contribution in [0.15, 0.2) is 0 Å². The van der Waals surface area contributed by atoms with Crippen molar-refractivity contribution in [2.45, 2.75) is 65.1 Å². The van der Waals surface area contributed by atoms with Crippen LogP contribution in [-0.4, -0.2) is 23.8 Å². The van der Waals surface area contributed by atoms with Crippen LogP contribution in [0.3, 0.4) is 0 Å². The summed E-state index contributed by atoms with van der Waals surface area (Å²) in [6.45, 7) is 9.52. The molecule has 0 aromatic carbocycles. The van der Waals surface area contributed by atoms with Gasteiger partial charge in [-0.05, 0) is 33.6 Å². The fourth-order valence-electron chi connectivity index (χ4n) is 1.26. The summed E-state index contributed by atoms with van der Waals surface area (Å²) in [7, 11) is 0. The summed E-state index contributed by atoms with van der Waals surface area (Å²) in [4.78, 5) is 11.5. The van der Waals surface area contributed by atoms with Crippen molar-refractivity contribution in [1.29, 1.82) is 0 Å². The first-order chi connectivity index (χ1) is 6.80. The summed E-state index contributed by atoms with van der Waals surface area (Å²) in [5.41, 5.74) is 5.41. The van der Waals surface area contributed by atoms with Crippen LogP contribution in [0.2, 0.25) is 0 Å². The molecule has 4 heteroatoms. The van der Waals surface area contributed by atoms with Gasteiger partial charge >= 0.3 is 6.09 Å². The molecule has 0 saturated heterocycles. The van der Waals surface area contributed by atoms with Gasteiger partial charge in [-0.2, -0.15) is 0 Å². The Labute approximate surface area is 92.6 Å². The number of carbonyl (C=O) groups excluding carboxylic acids is 1. The van der Waals surface area contributed by atoms with Crippen molar-refractivity contribution >= 4 is 6.09 Å². The first kappa shape index (κ1) is 14.2. The molecule has 0 aliphatic rings. The average Bonchev–Trinajstić information content (AvgIpc) is 2.10. The summed E-state index contributed by atoms with van der Waals surface area (Å²) >= 11 is 0. The van der Waals surface area contributed by atoms with E-state index >= 15 is 0 Å². The Hall–Kier alpha value is -0.770. The minimum absolute atomic E-state index is 0.00940. The van der Waals surface area contributed by atoms with Crippen LogP contribution >= 0.6 is 0 Å². The van der Waals surface area contributed by atoms with Gasteiger partial charge in [-0.25, -0.2) is 4.79 Å². The predicted octanol–water partition coefficient (Wildman–Crippen LogP) is 2.03. The summed E-state index contributed by atoms with van der Waals surface area (Å²) in [5.74, 6) is 0. The third-order valence-corrected chi connectivity index (χ3v) is 2.13. The van der Waals surface area contributed by atoms with Gasteiger partial charge in [0.25, 0.3) is 0 Å². The molecule has 0 aromatic heterocycles. The van der Waals surface area contributed by atoms with Crippen molar-refractivity contribution in [3.63, 3.8) is 0 Å². The summed E-state index contributed by atoms with van der Waals surface area (Å²) in [5, 5.41) is 2.79. The van der Waals surface area contributed by atoms with Crippen LogP contribution in [0.5, 0.6) is 0 Å². The third kappa shape index (κ3) is 6.33. The number of nitrogens with one attached hydrogen (secondary N) is 1. The maximum absolute atomic E-state index is 11.5. The Morgan fingerprint density at radius 2 is 1.87 bits per heavy atom. The highest BCUT2D eigenvalue weighted by Gasteiger charge is 2.21. The van der Waals surface area contributed by atoms with E-state index < -0.39 is 11.7 Å². The van der Waals surface area contributed by atoms with Crippen molar-refractivity contribution in [2.24, 2.45) is 5.73 Å². The molecule has 3 N–H and O–H groups in total. The van der Waals surface area contributed by atoms with Gasteiger partial charge in [0.05, 0.1) is 0 Å². The molecule has 2 atom stereocenters. The molecule has 0 saturated carbocycles. The van der Waals surface area contributed by atoms with E-state index in [1.54, 1.807) is 0 Å². The number of ether oxygens (including phenoxy) is 1. The fourth-order valence-corrected chi connectivity index (χ4v) is 1.26. The van der Waals surface area contributed by atoms with Gasteiger partial charge < -0.3 is 15.8 Å². The Bertz CT molecular complexity index is 199. The molecule has 0 aliphatic carbocycles. The fraction of sp³-hybridized carbons (Fsp3) is 0.909. The predicted molar refractivity (Wildman–Crippen MR) is 61.7 cm³/mol. The molecule has 0 heterocycles. The second kappa shape index (κ2) is 5.95. The second-order valence-corrected chi connectivity index (χ2v) is 4.73. The third-order valence-electron chi connectivity index (χ3n) is 2.13. The number of amides is 1. The van der Waals surface area contributed by atoms with Crippen molar-refractivity contribution < 1.29 is 9.53 Å². The lowest BCUT2D eigenvalue weighted by Crippen LogP contribution is -2.48. The number of hydrogen-bond donors (Lipinski definition) is 2. The lowest BCUT2D eigenvalue weighted by atomic mass is 10.0. The van der Waals surface area contributed by atoms with E-state index in [0.717, 1.165) is 12.8 Å². The molecule has 4 nitrogen and oxygen atoms in total. The molecular weight excluding hydrogens is 192 g/mol. The Morgan fingerprint density at radius 1 is 1.33 bits per heavy atom. The summed E-state index contributed by atoms with van der Waals surface area (Å²) in [6.07, 6.45) is 1.26. The van der Waals surface area contributed by atoms with Crippen LogP contribution in [0.1, 0.15) is 47.5 Å². The molecule has 90 valence electrons. The van der Waals surface area contributed by atoms with Crippen molar-refractivity contribution in [2.75, 3.05) is 0 Å². The van der Waals surface area contributed by atoms with Gasteiger partial charge in [0, 0.05) is 12.1 Å². The molecular formula is C11H24N2O2. The minimum Gasteiger partial charge on any atom is -0.444 e. The van der Waals surface area contributed by atoms with Gasteiger partial charge in [-0.15, -0.1) is 0 Å². The molecule has 15 heavy (non-hydrogen) atoms. The Kier molecular flexibility index (Phi) is 5.65. The van der Waals surface area contributed by atoms with E-state index in [9.17, 15) is 4.79 Å². The maximum Gasteiger partial charge on any atom is 0.407 e. The van der Waals surface area contributed by atoms with Crippen molar-refractivity contribution in [3.05, 3.63) is 0 Å². The van der Waals surface area contributed by atoms with Crippen LogP contribution in [0, 0.1) is 0 Å². The molecule has 0 aliphatic heterocycles. The Morgan fingerprint density at radius 3 is 2.20 bits per heavy atom. The van der Waals surface area contributed by atoms with Gasteiger partial charge in [-0.3, -0.25) is 0 Å². The van der Waals surface area contributed by atoms with Gasteiger partial charge in [0.1, 0.15) is 5.60 Å². The highest BCUT2D eigenvalue weighted by atomic mass is 16.6. The molecule has 0 spiro atoms. The SMILES string of the molecule is CC[C@@H](N)[C@H](CC)NC(=O)OC(C)(C)C. The molecule has 1 amide bonds. The molecule has 0 unspecified atom stereocenters. The summed E-state index contributed by atoms with van der Waals surface area (Å²) < 4.78 is 5.16. The smallest absolute Gasteiger partial charge is 0.407 e. The van der Waals surface area contributed by atoms with E-state index in [4.69, 9.17) is 10.5 Å². The first-order valence-corrected chi connectivity index (χ1v) is 5.55. The quantitative estimate of drug-likeness (QED) is 0.755. The van der Waals surface area contributed by atoms with Gasteiger partial charge in [0.15, 0.2) is 0 Å². The van der Waals surface area contributed by atoms with E-state index in [1.165, 1.54) is 0 Å². The number of carbonyl (C=O) groups is 1. The van der Waals surface area contributed by atoms with Crippen molar-refractivity contribution in [3.8, 4) is 0 Å². The van der Waals surface area contributed by atoms with E-state index in [-0.39, 0.29) is 12.1 Å². The van der Waals surface area contributed by atoms with Crippen LogP contribution in [0.4, 0.5) is 4.79 Å². The van der Waals surface area contributed by atoms with Crippen LogP contribution < -0.4 is 11.1 Å². The highest BCUT2D eigenvalue weighted by Crippen LogP contribution is 2.08. The van der Waals surface area contributed by atoms with E-state index in [0.29, 0.717) is 0 Å². The number of nitrogens with two attached hydrogens (primary N) is 1. The lowest BCUT2D eigenvalue weighted by molar-refractivity contribution is 0.0494. The standard InChI is InChI=1S/C11H24N2O2/c1-6-8(12)9(7-2)13-10(14)15-11(3,4)5/h8-9H,6-7,12H2,1-5H3,(H,13,14)/t8-,9+/m1/s1. The molecule has 0 rings (SSSR count). The molecule has 0 radical (unpaired) electrons. The number of hydrogen-bond acceptors (Lipinski definition) is 3. The Balaban J connectivity index is 4.13. The van der Waals surface area contributed by atoms with Gasteiger partial charge in [0.2, 0.25) is 0 Å². The zero-order valence-electron chi connectivity index (χ0n) is 10.5. The molecule has 0 fully saturated rings. The largest absolute Gasteiger partial charge is 0.444 e. The van der Waals surface area contributed by atoms with Gasteiger partial charge in [-0.1, -0.05) is 13.8 Å². The molecule has 0 bridgehead atoms. The normalized spacial score (nSPS) is 15.6. The topological polar surface area (TPSA) is 64.3 Å². The van der Waals surface area contributed by atoms with Crippen molar-refractivity contribution in [1.82, 2.24) is 5.32 Å². The zero-order chi connectivity index (χ0) is 12.1. The number of alkyl carbamates (subject to hydrolysis) is 1. The monoisotopic (exact) mass is 216 g/mol. The average molecular weight is 216 g/mol. The molecule has 0 aromatic rings. The zero-order valence-corrected chi connectivity index (χ0v) is 10.5. The van der Waals surface area contributed by atoms with E-state index in [2.05, 4.69) is 5.32 Å². The summed E-state index contributed by atoms with van der Waals surface area (Å²) in [6, 6.07) is -0.0210. The highest BCUT2D eigenvalue weighted by molar-refractivity contribution is 5.68. The van der Waals surface area contributed by atoms with Crippen LogP contribution in [0.25, 0.3) is 0 Å². The lowest BCUT2D eigenvalue weighted by Gasteiger charge is -2.25. The minimum atomic E-state index is -0.460. The number of rotatable bonds is 4. The first-order valence-electron chi connectivity index (χ1n) is 5.55.